The molecule has 0 amide bonds. The number of esters is 1. The molecule has 2 N–H and O–H groups in total. The van der Waals surface area contributed by atoms with Gasteiger partial charge in [0.15, 0.2) is 0 Å². The van der Waals surface area contributed by atoms with Crippen molar-refractivity contribution < 1.29 is 19.4 Å². The Hall–Kier alpha value is -1.10. The molecule has 0 aromatic heterocycles. The number of rotatable bonds is 4. The number of carbonyl (C=O) groups is 2. The second-order valence-corrected chi connectivity index (χ2v) is 5.83. The molecule has 1 heterocycles. The zero-order chi connectivity index (χ0) is 13.8. The van der Waals surface area contributed by atoms with Crippen LogP contribution < -0.4 is 5.32 Å². The number of piperidine rings is 1. The van der Waals surface area contributed by atoms with Gasteiger partial charge in [-0.2, -0.15) is 0 Å². The van der Waals surface area contributed by atoms with Crippen LogP contribution in [0.15, 0.2) is 0 Å². The van der Waals surface area contributed by atoms with Gasteiger partial charge in [0, 0.05) is 0 Å². The van der Waals surface area contributed by atoms with Gasteiger partial charge in [-0.05, 0) is 52.6 Å². The predicted octanol–water partition coefficient (Wildman–Crippen LogP) is 1.42. The van der Waals surface area contributed by atoms with Crippen LogP contribution >= 0.6 is 0 Å². The van der Waals surface area contributed by atoms with Gasteiger partial charge in [-0.1, -0.05) is 0 Å². The summed E-state index contributed by atoms with van der Waals surface area (Å²) < 4.78 is 5.33. The van der Waals surface area contributed by atoms with Gasteiger partial charge in [0.05, 0.1) is 12.3 Å². The van der Waals surface area contributed by atoms with Crippen molar-refractivity contribution >= 4 is 11.9 Å². The highest BCUT2D eigenvalue weighted by Gasteiger charge is 2.34. The predicted molar refractivity (Wildman–Crippen MR) is 67.2 cm³/mol. The molecule has 1 unspecified atom stereocenters. The molecule has 1 aliphatic heterocycles. The van der Waals surface area contributed by atoms with Crippen LogP contribution in [0.2, 0.25) is 0 Å². The summed E-state index contributed by atoms with van der Waals surface area (Å²) in [6.45, 7) is 7.06. The molecule has 104 valence electrons. The third-order valence-electron chi connectivity index (χ3n) is 3.06. The monoisotopic (exact) mass is 257 g/mol. The maximum absolute atomic E-state index is 12.1. The normalized spacial score (nSPS) is 19.3. The fourth-order valence-electron chi connectivity index (χ4n) is 2.25. The Kier molecular flexibility index (Phi) is 5.14. The van der Waals surface area contributed by atoms with E-state index in [0.29, 0.717) is 0 Å². The van der Waals surface area contributed by atoms with Gasteiger partial charge in [-0.15, -0.1) is 0 Å². The fraction of sp³-hybridized carbons (Fsp3) is 0.846. The summed E-state index contributed by atoms with van der Waals surface area (Å²) in [6.07, 6.45) is 1.52. The molecule has 0 aromatic rings. The first-order chi connectivity index (χ1) is 8.29. The van der Waals surface area contributed by atoms with E-state index in [-0.39, 0.29) is 18.3 Å². The lowest BCUT2D eigenvalue weighted by atomic mass is 9.82. The average molecular weight is 257 g/mol. The average Bonchev–Trinajstić information content (AvgIpc) is 2.24. The number of carboxylic acids is 1. The van der Waals surface area contributed by atoms with Gasteiger partial charge in [0.1, 0.15) is 5.60 Å². The van der Waals surface area contributed by atoms with Gasteiger partial charge in [0.2, 0.25) is 0 Å². The van der Waals surface area contributed by atoms with E-state index in [1.54, 1.807) is 20.8 Å². The summed E-state index contributed by atoms with van der Waals surface area (Å²) in [5, 5.41) is 12.1. The van der Waals surface area contributed by atoms with E-state index < -0.39 is 17.5 Å². The number of ether oxygens (including phenoxy) is 1. The maximum atomic E-state index is 12.1. The van der Waals surface area contributed by atoms with Crippen LogP contribution in [-0.4, -0.2) is 35.7 Å². The SMILES string of the molecule is CC(C)(C)OC(=O)C(CC(=O)O)C1CCNCC1. The van der Waals surface area contributed by atoms with Crippen LogP contribution in [0.5, 0.6) is 0 Å². The van der Waals surface area contributed by atoms with E-state index in [9.17, 15) is 9.59 Å². The quantitative estimate of drug-likeness (QED) is 0.745. The Bertz CT molecular complexity index is 303. The van der Waals surface area contributed by atoms with Crippen molar-refractivity contribution in [1.29, 1.82) is 0 Å². The van der Waals surface area contributed by atoms with Crippen molar-refractivity contribution in [2.45, 2.75) is 45.6 Å². The van der Waals surface area contributed by atoms with Crippen molar-refractivity contribution in [2.75, 3.05) is 13.1 Å². The molecule has 1 aliphatic rings. The summed E-state index contributed by atoms with van der Waals surface area (Å²) in [5.74, 6) is -1.73. The van der Waals surface area contributed by atoms with E-state index in [1.165, 1.54) is 0 Å². The summed E-state index contributed by atoms with van der Waals surface area (Å²) >= 11 is 0. The van der Waals surface area contributed by atoms with E-state index >= 15 is 0 Å². The molecule has 1 rings (SSSR count). The minimum absolute atomic E-state index is 0.109. The number of carboxylic acid groups (broad SMARTS) is 1. The van der Waals surface area contributed by atoms with E-state index in [4.69, 9.17) is 9.84 Å². The second-order valence-electron chi connectivity index (χ2n) is 5.83. The van der Waals surface area contributed by atoms with Crippen molar-refractivity contribution in [1.82, 2.24) is 5.32 Å². The Balaban J connectivity index is 2.70. The zero-order valence-corrected chi connectivity index (χ0v) is 11.4. The van der Waals surface area contributed by atoms with Crippen molar-refractivity contribution in [3.05, 3.63) is 0 Å². The summed E-state index contributed by atoms with van der Waals surface area (Å²) in [4.78, 5) is 23.0. The minimum atomic E-state index is -0.940. The molecular formula is C13H23NO4. The second kappa shape index (κ2) is 6.18. The lowest BCUT2D eigenvalue weighted by Crippen LogP contribution is -2.38. The maximum Gasteiger partial charge on any atom is 0.310 e. The molecule has 0 bridgehead atoms. The van der Waals surface area contributed by atoms with Crippen LogP contribution in [0, 0.1) is 11.8 Å². The molecule has 1 saturated heterocycles. The highest BCUT2D eigenvalue weighted by atomic mass is 16.6. The fourth-order valence-corrected chi connectivity index (χ4v) is 2.25. The largest absolute Gasteiger partial charge is 0.481 e. The summed E-state index contributed by atoms with van der Waals surface area (Å²) in [7, 11) is 0. The number of hydrogen-bond donors (Lipinski definition) is 2. The van der Waals surface area contributed by atoms with Gasteiger partial charge in [-0.3, -0.25) is 9.59 Å². The first-order valence-corrected chi connectivity index (χ1v) is 6.45. The highest BCUT2D eigenvalue weighted by molar-refractivity contribution is 5.79. The van der Waals surface area contributed by atoms with Crippen LogP contribution in [0.25, 0.3) is 0 Å². The Morgan fingerprint density at radius 2 is 1.89 bits per heavy atom. The first-order valence-electron chi connectivity index (χ1n) is 6.45. The molecule has 1 atom stereocenters. The van der Waals surface area contributed by atoms with Crippen molar-refractivity contribution in [2.24, 2.45) is 11.8 Å². The summed E-state index contributed by atoms with van der Waals surface area (Å²) in [5.41, 5.74) is -0.569. The van der Waals surface area contributed by atoms with Crippen molar-refractivity contribution in [3.63, 3.8) is 0 Å². The van der Waals surface area contributed by atoms with E-state index in [1.807, 2.05) is 0 Å². The highest BCUT2D eigenvalue weighted by Crippen LogP contribution is 2.27. The molecular weight excluding hydrogens is 234 g/mol. The number of hydrogen-bond acceptors (Lipinski definition) is 4. The lowest BCUT2D eigenvalue weighted by Gasteiger charge is -2.30. The van der Waals surface area contributed by atoms with Crippen LogP contribution in [-0.2, 0) is 14.3 Å². The van der Waals surface area contributed by atoms with E-state index in [2.05, 4.69) is 5.32 Å². The molecule has 0 aliphatic carbocycles. The standard InChI is InChI=1S/C13H23NO4/c1-13(2,3)18-12(17)10(8-11(15)16)9-4-6-14-7-5-9/h9-10,14H,4-8H2,1-3H3,(H,15,16). The van der Waals surface area contributed by atoms with Crippen LogP contribution in [0.1, 0.15) is 40.0 Å². The molecule has 0 saturated carbocycles. The van der Waals surface area contributed by atoms with Crippen LogP contribution in [0.3, 0.4) is 0 Å². The zero-order valence-electron chi connectivity index (χ0n) is 11.4. The lowest BCUT2D eigenvalue weighted by molar-refractivity contribution is -0.165. The van der Waals surface area contributed by atoms with Crippen molar-refractivity contribution in [3.8, 4) is 0 Å². The molecule has 18 heavy (non-hydrogen) atoms. The summed E-state index contributed by atoms with van der Waals surface area (Å²) in [6, 6.07) is 0. The minimum Gasteiger partial charge on any atom is -0.481 e. The molecule has 0 aromatic carbocycles. The number of nitrogens with one attached hydrogen (secondary N) is 1. The topological polar surface area (TPSA) is 75.6 Å². The number of carbonyl (C=O) groups excluding carboxylic acids is 1. The van der Waals surface area contributed by atoms with Gasteiger partial charge < -0.3 is 15.2 Å². The molecule has 5 nitrogen and oxygen atoms in total. The Labute approximate surface area is 108 Å². The third kappa shape index (κ3) is 5.04. The van der Waals surface area contributed by atoms with Gasteiger partial charge in [0.25, 0.3) is 0 Å². The molecule has 1 fully saturated rings. The smallest absolute Gasteiger partial charge is 0.310 e. The first kappa shape index (κ1) is 15.0. The Morgan fingerprint density at radius 3 is 2.33 bits per heavy atom. The van der Waals surface area contributed by atoms with E-state index in [0.717, 1.165) is 25.9 Å². The Morgan fingerprint density at radius 1 is 1.33 bits per heavy atom. The molecule has 0 radical (unpaired) electrons. The molecule has 0 spiro atoms. The van der Waals surface area contributed by atoms with Crippen LogP contribution in [0.4, 0.5) is 0 Å². The number of aliphatic carboxylic acids is 1. The molecule has 5 heteroatoms. The third-order valence-corrected chi connectivity index (χ3v) is 3.06. The van der Waals surface area contributed by atoms with Gasteiger partial charge >= 0.3 is 11.9 Å². The van der Waals surface area contributed by atoms with Gasteiger partial charge in [-0.25, -0.2) is 0 Å².